The van der Waals surface area contributed by atoms with Crippen LogP contribution in [0, 0.1) is 20.8 Å². The van der Waals surface area contributed by atoms with Crippen LogP contribution in [-0.2, 0) is 13.7 Å². The van der Waals surface area contributed by atoms with Crippen molar-refractivity contribution in [2.45, 2.75) is 27.4 Å². The predicted octanol–water partition coefficient (Wildman–Crippen LogP) is 1.59. The minimum absolute atomic E-state index is 0.280. The van der Waals surface area contributed by atoms with Gasteiger partial charge < -0.3 is 4.74 Å². The van der Waals surface area contributed by atoms with E-state index in [9.17, 15) is 4.79 Å². The summed E-state index contributed by atoms with van der Waals surface area (Å²) in [6.45, 7) is 6.24. The van der Waals surface area contributed by atoms with Gasteiger partial charge in [-0.3, -0.25) is 14.9 Å². The standard InChI is InChI=1S/C13H18N4O2S/c1-7-12(8(2)17(4)16-7)19-6-10-5-11(13(18)15-14)20-9(10)3/h5H,6,14H2,1-4H3,(H,15,18). The van der Waals surface area contributed by atoms with Crippen LogP contribution in [0.4, 0.5) is 0 Å². The van der Waals surface area contributed by atoms with Crippen LogP contribution in [0.2, 0.25) is 0 Å². The van der Waals surface area contributed by atoms with Crippen LogP contribution in [0.15, 0.2) is 6.07 Å². The molecule has 7 heteroatoms. The second kappa shape index (κ2) is 5.64. The molecular formula is C13H18N4O2S. The van der Waals surface area contributed by atoms with Crippen molar-refractivity contribution in [1.82, 2.24) is 15.2 Å². The lowest BCUT2D eigenvalue weighted by Crippen LogP contribution is -2.29. The topological polar surface area (TPSA) is 82.2 Å². The van der Waals surface area contributed by atoms with Gasteiger partial charge in [0.2, 0.25) is 0 Å². The molecule has 6 nitrogen and oxygen atoms in total. The summed E-state index contributed by atoms with van der Waals surface area (Å²) in [6, 6.07) is 1.81. The van der Waals surface area contributed by atoms with Crippen LogP contribution < -0.4 is 16.0 Å². The molecule has 0 saturated heterocycles. The van der Waals surface area contributed by atoms with Crippen LogP contribution >= 0.6 is 11.3 Å². The average molecular weight is 294 g/mol. The van der Waals surface area contributed by atoms with Crippen LogP contribution in [-0.4, -0.2) is 15.7 Å². The molecule has 0 aromatic carbocycles. The SMILES string of the molecule is Cc1nn(C)c(C)c1OCc1cc(C(=O)NN)sc1C. The molecular weight excluding hydrogens is 276 g/mol. The van der Waals surface area contributed by atoms with E-state index in [0.717, 1.165) is 27.6 Å². The summed E-state index contributed by atoms with van der Waals surface area (Å²) in [7, 11) is 1.88. The maximum absolute atomic E-state index is 11.5. The van der Waals surface area contributed by atoms with E-state index in [2.05, 4.69) is 10.5 Å². The van der Waals surface area contributed by atoms with Crippen LogP contribution in [0.3, 0.4) is 0 Å². The van der Waals surface area contributed by atoms with Crippen LogP contribution in [0.1, 0.15) is 31.5 Å². The zero-order valence-corrected chi connectivity index (χ0v) is 12.8. The van der Waals surface area contributed by atoms with Gasteiger partial charge in [0.1, 0.15) is 12.3 Å². The lowest BCUT2D eigenvalue weighted by Gasteiger charge is -2.06. The molecule has 0 aliphatic rings. The number of aromatic nitrogens is 2. The van der Waals surface area contributed by atoms with Crippen molar-refractivity contribution >= 4 is 17.2 Å². The fourth-order valence-electron chi connectivity index (χ4n) is 1.96. The minimum atomic E-state index is -0.280. The largest absolute Gasteiger partial charge is 0.485 e. The first-order valence-corrected chi connectivity index (χ1v) is 6.99. The summed E-state index contributed by atoms with van der Waals surface area (Å²) in [5, 5.41) is 4.31. The number of nitrogens with two attached hydrogens (primary N) is 1. The van der Waals surface area contributed by atoms with E-state index in [1.54, 1.807) is 4.68 Å². The minimum Gasteiger partial charge on any atom is -0.485 e. The van der Waals surface area contributed by atoms with Crippen molar-refractivity contribution in [2.75, 3.05) is 0 Å². The van der Waals surface area contributed by atoms with Gasteiger partial charge in [0.05, 0.1) is 10.6 Å². The zero-order chi connectivity index (χ0) is 14.9. The number of aryl methyl sites for hydroxylation is 3. The number of rotatable bonds is 4. The van der Waals surface area contributed by atoms with Gasteiger partial charge >= 0.3 is 0 Å². The lowest BCUT2D eigenvalue weighted by molar-refractivity contribution is 0.0957. The van der Waals surface area contributed by atoms with Crippen LogP contribution in [0.25, 0.3) is 0 Å². The molecule has 0 spiro atoms. The Balaban J connectivity index is 2.15. The molecule has 0 aliphatic carbocycles. The molecule has 0 atom stereocenters. The number of carbonyl (C=O) groups is 1. The van der Waals surface area contributed by atoms with Crippen molar-refractivity contribution in [3.8, 4) is 5.75 Å². The number of carbonyl (C=O) groups excluding carboxylic acids is 1. The molecule has 2 aromatic heterocycles. The quantitative estimate of drug-likeness (QED) is 0.509. The van der Waals surface area contributed by atoms with E-state index in [-0.39, 0.29) is 5.91 Å². The Labute approximate surface area is 121 Å². The smallest absolute Gasteiger partial charge is 0.275 e. The van der Waals surface area contributed by atoms with Crippen molar-refractivity contribution in [3.05, 3.63) is 32.8 Å². The van der Waals surface area contributed by atoms with E-state index in [1.807, 2.05) is 33.9 Å². The maximum Gasteiger partial charge on any atom is 0.275 e. The molecule has 0 fully saturated rings. The molecule has 0 bridgehead atoms. The Morgan fingerprint density at radius 2 is 2.20 bits per heavy atom. The molecule has 20 heavy (non-hydrogen) atoms. The van der Waals surface area contributed by atoms with Gasteiger partial charge in [0, 0.05) is 17.5 Å². The van der Waals surface area contributed by atoms with E-state index < -0.39 is 0 Å². The molecule has 1 amide bonds. The number of hydrogen-bond donors (Lipinski definition) is 2. The van der Waals surface area contributed by atoms with Crippen LogP contribution in [0.5, 0.6) is 5.75 Å². The van der Waals surface area contributed by atoms with Gasteiger partial charge in [-0.15, -0.1) is 11.3 Å². The number of ether oxygens (including phenoxy) is 1. The third-order valence-corrected chi connectivity index (χ3v) is 4.28. The monoisotopic (exact) mass is 294 g/mol. The number of nitrogens with one attached hydrogen (secondary N) is 1. The Morgan fingerprint density at radius 1 is 1.50 bits per heavy atom. The van der Waals surface area contributed by atoms with Gasteiger partial charge in [-0.25, -0.2) is 5.84 Å². The van der Waals surface area contributed by atoms with Gasteiger partial charge in [-0.05, 0) is 26.8 Å². The van der Waals surface area contributed by atoms with Crippen molar-refractivity contribution in [1.29, 1.82) is 0 Å². The summed E-state index contributed by atoms with van der Waals surface area (Å²) >= 11 is 1.40. The first-order chi connectivity index (χ1) is 9.43. The number of nitrogens with zero attached hydrogens (tertiary/aromatic N) is 2. The summed E-state index contributed by atoms with van der Waals surface area (Å²) in [4.78, 5) is 13.1. The second-order valence-corrected chi connectivity index (χ2v) is 5.83. The third-order valence-electron chi connectivity index (χ3n) is 3.19. The number of amides is 1. The molecule has 0 unspecified atom stereocenters. The van der Waals surface area contributed by atoms with Crippen molar-refractivity contribution < 1.29 is 9.53 Å². The highest BCUT2D eigenvalue weighted by molar-refractivity contribution is 7.14. The normalized spacial score (nSPS) is 10.7. The van der Waals surface area contributed by atoms with Gasteiger partial charge in [-0.2, -0.15) is 5.10 Å². The first-order valence-electron chi connectivity index (χ1n) is 6.17. The Morgan fingerprint density at radius 3 is 2.75 bits per heavy atom. The highest BCUT2D eigenvalue weighted by atomic mass is 32.1. The molecule has 0 saturated carbocycles. The van der Waals surface area contributed by atoms with Gasteiger partial charge in [-0.1, -0.05) is 0 Å². The molecule has 0 radical (unpaired) electrons. The number of hydrogen-bond acceptors (Lipinski definition) is 5. The zero-order valence-electron chi connectivity index (χ0n) is 12.0. The summed E-state index contributed by atoms with van der Waals surface area (Å²) in [6.07, 6.45) is 0. The molecule has 2 rings (SSSR count). The van der Waals surface area contributed by atoms with E-state index >= 15 is 0 Å². The van der Waals surface area contributed by atoms with Gasteiger partial charge in [0.15, 0.2) is 5.75 Å². The fourth-order valence-corrected chi connectivity index (χ4v) is 2.89. The lowest BCUT2D eigenvalue weighted by atomic mass is 10.2. The summed E-state index contributed by atoms with van der Waals surface area (Å²) in [5.41, 5.74) is 4.96. The molecule has 0 aliphatic heterocycles. The second-order valence-electron chi connectivity index (χ2n) is 4.58. The summed E-state index contributed by atoms with van der Waals surface area (Å²) < 4.78 is 7.63. The van der Waals surface area contributed by atoms with E-state index in [1.165, 1.54) is 11.3 Å². The predicted molar refractivity (Wildman–Crippen MR) is 77.7 cm³/mol. The van der Waals surface area contributed by atoms with Gasteiger partial charge in [0.25, 0.3) is 5.91 Å². The molecule has 2 heterocycles. The summed E-state index contributed by atoms with van der Waals surface area (Å²) in [5.74, 6) is 5.65. The Bertz CT molecular complexity index is 645. The van der Waals surface area contributed by atoms with Crippen molar-refractivity contribution in [3.63, 3.8) is 0 Å². The fraction of sp³-hybridized carbons (Fsp3) is 0.385. The average Bonchev–Trinajstić information content (AvgIpc) is 2.89. The molecule has 108 valence electrons. The van der Waals surface area contributed by atoms with E-state index in [4.69, 9.17) is 10.6 Å². The highest BCUT2D eigenvalue weighted by Crippen LogP contribution is 2.26. The Hall–Kier alpha value is -1.86. The Kier molecular flexibility index (Phi) is 4.10. The highest BCUT2D eigenvalue weighted by Gasteiger charge is 2.14. The third kappa shape index (κ3) is 2.68. The number of nitrogen functional groups attached to an aromatic ring is 1. The molecule has 2 aromatic rings. The maximum atomic E-state index is 11.5. The number of hydrazine groups is 1. The van der Waals surface area contributed by atoms with E-state index in [0.29, 0.717) is 11.5 Å². The van der Waals surface area contributed by atoms with Crippen molar-refractivity contribution in [2.24, 2.45) is 12.9 Å². The number of thiophene rings is 1. The molecule has 3 N–H and O–H groups in total. The first kappa shape index (κ1) is 14.5.